The summed E-state index contributed by atoms with van der Waals surface area (Å²) in [5, 5.41) is 3.51. The highest BCUT2D eigenvalue weighted by atomic mass is 35.5. The smallest absolute Gasteiger partial charge is 0.253 e. The number of nitrogens with two attached hydrogens (primary N) is 1. The van der Waals surface area contributed by atoms with Gasteiger partial charge in [0.1, 0.15) is 5.82 Å². The summed E-state index contributed by atoms with van der Waals surface area (Å²) in [4.78, 5) is 16.4. The highest BCUT2D eigenvalue weighted by molar-refractivity contribution is 5.98. The number of aryl methyl sites for hydroxylation is 1. The number of carbonyl (C=O) groups is 1. The second-order valence-corrected chi connectivity index (χ2v) is 5.63. The van der Waals surface area contributed by atoms with Crippen LogP contribution >= 0.6 is 24.8 Å². The first-order valence-electron chi connectivity index (χ1n) is 6.40. The number of amides is 1. The summed E-state index contributed by atoms with van der Waals surface area (Å²) in [5.74, 6) is -0.564. The lowest BCUT2D eigenvalue weighted by Gasteiger charge is -2.19. The SMILES string of the molecule is Cc1nc2cc(F)ccc2cc1C(=O)NCC(C)(C)N.Cl.Cl. The van der Waals surface area contributed by atoms with Crippen molar-refractivity contribution >= 4 is 41.6 Å². The van der Waals surface area contributed by atoms with E-state index in [9.17, 15) is 9.18 Å². The van der Waals surface area contributed by atoms with Gasteiger partial charge in [-0.15, -0.1) is 24.8 Å². The Morgan fingerprint density at radius 2 is 1.95 bits per heavy atom. The number of halogens is 3. The van der Waals surface area contributed by atoms with Crippen LogP contribution in [0.4, 0.5) is 4.39 Å². The number of aromatic nitrogens is 1. The Morgan fingerprint density at radius 1 is 1.32 bits per heavy atom. The van der Waals surface area contributed by atoms with E-state index in [1.54, 1.807) is 19.1 Å². The molecule has 22 heavy (non-hydrogen) atoms. The van der Waals surface area contributed by atoms with E-state index in [0.29, 0.717) is 23.3 Å². The van der Waals surface area contributed by atoms with Gasteiger partial charge in [0, 0.05) is 23.5 Å². The monoisotopic (exact) mass is 347 g/mol. The summed E-state index contributed by atoms with van der Waals surface area (Å²) in [6.45, 7) is 5.77. The second-order valence-electron chi connectivity index (χ2n) is 5.63. The van der Waals surface area contributed by atoms with Gasteiger partial charge in [-0.25, -0.2) is 4.39 Å². The molecule has 4 nitrogen and oxygen atoms in total. The quantitative estimate of drug-likeness (QED) is 0.896. The van der Waals surface area contributed by atoms with Crippen molar-refractivity contribution in [2.75, 3.05) is 6.54 Å². The van der Waals surface area contributed by atoms with Gasteiger partial charge >= 0.3 is 0 Å². The average Bonchev–Trinajstić information content (AvgIpc) is 2.34. The Balaban J connectivity index is 0.00000220. The molecule has 3 N–H and O–H groups in total. The molecule has 0 fully saturated rings. The van der Waals surface area contributed by atoms with E-state index in [0.717, 1.165) is 5.39 Å². The highest BCUT2D eigenvalue weighted by Crippen LogP contribution is 2.17. The van der Waals surface area contributed by atoms with Crippen LogP contribution in [-0.4, -0.2) is 23.0 Å². The minimum atomic E-state index is -0.475. The maximum absolute atomic E-state index is 13.1. The van der Waals surface area contributed by atoms with Crippen LogP contribution in [0.3, 0.4) is 0 Å². The highest BCUT2D eigenvalue weighted by Gasteiger charge is 2.16. The maximum atomic E-state index is 13.1. The molecular weight excluding hydrogens is 328 g/mol. The molecule has 1 aromatic heterocycles. The van der Waals surface area contributed by atoms with Crippen LogP contribution in [0.1, 0.15) is 29.9 Å². The van der Waals surface area contributed by atoms with Crippen LogP contribution < -0.4 is 11.1 Å². The minimum Gasteiger partial charge on any atom is -0.350 e. The first-order valence-corrected chi connectivity index (χ1v) is 6.40. The van der Waals surface area contributed by atoms with Crippen LogP contribution in [0.2, 0.25) is 0 Å². The fraction of sp³-hybridized carbons (Fsp3) is 0.333. The predicted octanol–water partition coefficient (Wildman–Crippen LogP) is 2.99. The van der Waals surface area contributed by atoms with E-state index >= 15 is 0 Å². The molecule has 0 atom stereocenters. The standard InChI is InChI=1S/C15H18FN3O.2ClH/c1-9-12(14(20)18-8-15(2,3)17)6-10-4-5-11(16)7-13(10)19-9;;/h4-7H,8,17H2,1-3H3,(H,18,20);2*1H. The number of hydrogen-bond donors (Lipinski definition) is 2. The molecule has 1 aromatic carbocycles. The van der Waals surface area contributed by atoms with Crippen molar-refractivity contribution in [2.24, 2.45) is 5.73 Å². The number of pyridine rings is 1. The van der Waals surface area contributed by atoms with Crippen LogP contribution in [-0.2, 0) is 0 Å². The minimum absolute atomic E-state index is 0. The van der Waals surface area contributed by atoms with Gasteiger partial charge in [0.25, 0.3) is 5.91 Å². The lowest BCUT2D eigenvalue weighted by molar-refractivity contribution is 0.0945. The maximum Gasteiger partial charge on any atom is 0.253 e. The molecule has 1 amide bonds. The van der Waals surface area contributed by atoms with Gasteiger partial charge < -0.3 is 11.1 Å². The van der Waals surface area contributed by atoms with Crippen molar-refractivity contribution in [3.63, 3.8) is 0 Å². The third kappa shape index (κ3) is 5.09. The van der Waals surface area contributed by atoms with Crippen LogP contribution in [0.25, 0.3) is 10.9 Å². The number of fused-ring (bicyclic) bond motifs is 1. The van der Waals surface area contributed by atoms with Crippen molar-refractivity contribution < 1.29 is 9.18 Å². The molecule has 0 bridgehead atoms. The van der Waals surface area contributed by atoms with E-state index < -0.39 is 5.54 Å². The first-order chi connectivity index (χ1) is 9.26. The molecule has 7 heteroatoms. The molecule has 0 saturated heterocycles. The third-order valence-corrected chi connectivity index (χ3v) is 2.92. The average molecular weight is 348 g/mol. The molecule has 0 aliphatic heterocycles. The van der Waals surface area contributed by atoms with Crippen molar-refractivity contribution in [3.8, 4) is 0 Å². The Hall–Kier alpha value is -1.43. The van der Waals surface area contributed by atoms with Gasteiger partial charge in [-0.2, -0.15) is 0 Å². The zero-order chi connectivity index (χ0) is 14.9. The molecule has 122 valence electrons. The number of carbonyl (C=O) groups excluding carboxylic acids is 1. The van der Waals surface area contributed by atoms with Gasteiger partial charge in [0.2, 0.25) is 0 Å². The van der Waals surface area contributed by atoms with E-state index in [1.165, 1.54) is 12.1 Å². The van der Waals surface area contributed by atoms with Gasteiger partial charge in [-0.05, 0) is 39.0 Å². The van der Waals surface area contributed by atoms with Gasteiger partial charge in [-0.1, -0.05) is 0 Å². The van der Waals surface area contributed by atoms with E-state index in [-0.39, 0.29) is 36.5 Å². The molecule has 0 aliphatic rings. The van der Waals surface area contributed by atoms with Crippen LogP contribution in [0, 0.1) is 12.7 Å². The number of nitrogens with zero attached hydrogens (tertiary/aromatic N) is 1. The van der Waals surface area contributed by atoms with Crippen molar-refractivity contribution in [3.05, 3.63) is 41.3 Å². The molecule has 0 unspecified atom stereocenters. The topological polar surface area (TPSA) is 68.0 Å². The van der Waals surface area contributed by atoms with Gasteiger partial charge in [0.15, 0.2) is 0 Å². The summed E-state index contributed by atoms with van der Waals surface area (Å²) < 4.78 is 13.1. The van der Waals surface area contributed by atoms with Gasteiger partial charge in [-0.3, -0.25) is 9.78 Å². The van der Waals surface area contributed by atoms with Crippen molar-refractivity contribution in [1.29, 1.82) is 0 Å². The molecule has 0 saturated carbocycles. The molecular formula is C15H20Cl2FN3O. The Morgan fingerprint density at radius 3 is 2.55 bits per heavy atom. The fourth-order valence-corrected chi connectivity index (χ4v) is 1.87. The summed E-state index contributed by atoms with van der Waals surface area (Å²) in [6, 6.07) is 6.04. The van der Waals surface area contributed by atoms with Crippen LogP contribution in [0.5, 0.6) is 0 Å². The molecule has 0 aliphatic carbocycles. The summed E-state index contributed by atoms with van der Waals surface area (Å²) in [6.07, 6.45) is 0. The lowest BCUT2D eigenvalue weighted by atomic mass is 10.1. The van der Waals surface area contributed by atoms with E-state index in [2.05, 4.69) is 10.3 Å². The van der Waals surface area contributed by atoms with Crippen molar-refractivity contribution in [1.82, 2.24) is 10.3 Å². The molecule has 2 rings (SSSR count). The molecule has 0 radical (unpaired) electrons. The van der Waals surface area contributed by atoms with Crippen LogP contribution in [0.15, 0.2) is 24.3 Å². The number of benzene rings is 1. The molecule has 1 heterocycles. The van der Waals surface area contributed by atoms with E-state index in [4.69, 9.17) is 5.73 Å². The zero-order valence-electron chi connectivity index (χ0n) is 12.6. The first kappa shape index (κ1) is 20.6. The summed E-state index contributed by atoms with van der Waals surface area (Å²) >= 11 is 0. The van der Waals surface area contributed by atoms with Crippen molar-refractivity contribution in [2.45, 2.75) is 26.3 Å². The Kier molecular flexibility index (Phi) is 7.22. The molecule has 2 aromatic rings. The number of rotatable bonds is 3. The number of hydrogen-bond acceptors (Lipinski definition) is 3. The number of nitrogens with one attached hydrogen (secondary N) is 1. The Labute approximate surface area is 141 Å². The lowest BCUT2D eigenvalue weighted by Crippen LogP contribution is -2.45. The largest absolute Gasteiger partial charge is 0.350 e. The summed E-state index contributed by atoms with van der Waals surface area (Å²) in [5.41, 5.74) is 6.95. The summed E-state index contributed by atoms with van der Waals surface area (Å²) in [7, 11) is 0. The third-order valence-electron chi connectivity index (χ3n) is 2.92. The fourth-order valence-electron chi connectivity index (χ4n) is 1.87. The molecule has 0 spiro atoms. The van der Waals surface area contributed by atoms with E-state index in [1.807, 2.05) is 13.8 Å². The predicted molar refractivity (Wildman–Crippen MR) is 91.5 cm³/mol. The second kappa shape index (κ2) is 7.72. The normalized spacial score (nSPS) is 10.6. The zero-order valence-corrected chi connectivity index (χ0v) is 14.3. The van der Waals surface area contributed by atoms with Gasteiger partial charge in [0.05, 0.1) is 16.8 Å². The Bertz CT molecular complexity index is 672.